The summed E-state index contributed by atoms with van der Waals surface area (Å²) in [5.74, 6) is 0.768. The molecular weight excluding hydrogens is 641 g/mol. The zero-order chi connectivity index (χ0) is 43.8. The van der Waals surface area contributed by atoms with Crippen molar-refractivity contribution in [2.45, 2.75) is 0 Å². The van der Waals surface area contributed by atoms with Gasteiger partial charge < -0.3 is 0 Å². The van der Waals surface area contributed by atoms with Crippen LogP contribution in [0.3, 0.4) is 0 Å². The van der Waals surface area contributed by atoms with Gasteiger partial charge in [-0.2, -0.15) is 0 Å². The van der Waals surface area contributed by atoms with Gasteiger partial charge in [0.25, 0.3) is 0 Å². The predicted molar refractivity (Wildman–Crippen MR) is 223 cm³/mol. The van der Waals surface area contributed by atoms with Gasteiger partial charge in [-0.3, -0.25) is 4.57 Å². The van der Waals surface area contributed by atoms with E-state index >= 15 is 0 Å². The molecule has 0 aliphatic rings. The summed E-state index contributed by atoms with van der Waals surface area (Å²) in [6.07, 6.45) is 0. The third-order valence-corrected chi connectivity index (χ3v) is 9.74. The summed E-state index contributed by atoms with van der Waals surface area (Å²) in [5.41, 5.74) is 7.22. The highest BCUT2D eigenvalue weighted by Gasteiger charge is 2.22. The zero-order valence-corrected chi connectivity index (χ0v) is 28.3. The molecule has 9 aromatic carbocycles. The van der Waals surface area contributed by atoms with E-state index in [4.69, 9.17) is 18.7 Å². The summed E-state index contributed by atoms with van der Waals surface area (Å²) >= 11 is 0. The molecule has 0 aliphatic heterocycles. The number of imidazole rings is 1. The van der Waals surface area contributed by atoms with Crippen molar-refractivity contribution < 1.29 is 13.7 Å². The van der Waals surface area contributed by atoms with Crippen LogP contribution in [0.5, 0.6) is 0 Å². The van der Waals surface area contributed by atoms with Gasteiger partial charge in [-0.25, -0.2) is 4.98 Å². The Morgan fingerprint density at radius 1 is 0.396 bits per heavy atom. The molecule has 0 amide bonds. The second-order valence-electron chi connectivity index (χ2n) is 12.8. The molecule has 10 aromatic rings. The van der Waals surface area contributed by atoms with E-state index in [9.17, 15) is 0 Å². The summed E-state index contributed by atoms with van der Waals surface area (Å²) < 4.78 is 88.6. The fraction of sp³-hybridized carbons (Fsp3) is 0. The second kappa shape index (κ2) is 12.9. The molecule has 248 valence electrons. The van der Waals surface area contributed by atoms with Crippen LogP contribution in [-0.4, -0.2) is 9.55 Å². The Morgan fingerprint density at radius 3 is 1.47 bits per heavy atom. The Labute approximate surface area is 323 Å². The molecule has 0 spiro atoms. The van der Waals surface area contributed by atoms with Crippen LogP contribution in [-0.2, 0) is 0 Å². The van der Waals surface area contributed by atoms with E-state index in [0.29, 0.717) is 5.56 Å². The molecule has 1 aromatic heterocycles. The largest absolute Gasteiger partial charge is 0.292 e. The molecule has 0 unspecified atom stereocenters. The van der Waals surface area contributed by atoms with Crippen molar-refractivity contribution in [1.29, 1.82) is 0 Å². The summed E-state index contributed by atoms with van der Waals surface area (Å²) in [7, 11) is 0. The standard InChI is InChI=1S/C51H34N2/c1-4-18-35(19-5-1)37-32-38(36-20-6-2-7-21-36)34-39(33-37)49-41-24-10-12-26-43(41)50(44-27-13-11-25-42(44)49)45-28-14-15-29-46(45)51-52-47-30-16-17-31-48(47)53(51)40-22-8-3-9-23-40/h1-34H/i1D,2D,4D,5D,6D,7D,18D,19D,20D,21D. The average Bonchev–Trinajstić information content (AvgIpc) is 3.70. The molecule has 0 bridgehead atoms. The summed E-state index contributed by atoms with van der Waals surface area (Å²) in [6.45, 7) is 0. The van der Waals surface area contributed by atoms with Gasteiger partial charge in [0.1, 0.15) is 5.82 Å². The highest BCUT2D eigenvalue weighted by atomic mass is 15.1. The lowest BCUT2D eigenvalue weighted by molar-refractivity contribution is 1.10. The van der Waals surface area contributed by atoms with Crippen molar-refractivity contribution >= 4 is 32.6 Å². The van der Waals surface area contributed by atoms with Crippen LogP contribution in [0.1, 0.15) is 13.7 Å². The number of rotatable bonds is 6. The Bertz CT molecular complexity index is 3320. The van der Waals surface area contributed by atoms with Gasteiger partial charge >= 0.3 is 0 Å². The van der Waals surface area contributed by atoms with Gasteiger partial charge in [-0.15, -0.1) is 0 Å². The predicted octanol–water partition coefficient (Wildman–Crippen LogP) is 13.7. The van der Waals surface area contributed by atoms with E-state index in [-0.39, 0.29) is 22.3 Å². The Balaban J connectivity index is 1.31. The molecule has 0 saturated heterocycles. The lowest BCUT2D eigenvalue weighted by Crippen LogP contribution is -1.99. The summed E-state index contributed by atoms with van der Waals surface area (Å²) in [4.78, 5) is 5.24. The number of para-hydroxylation sites is 3. The lowest BCUT2D eigenvalue weighted by Gasteiger charge is -2.20. The normalized spacial score (nSPS) is 14.0. The number of aromatic nitrogens is 2. The van der Waals surface area contributed by atoms with Crippen LogP contribution in [0.4, 0.5) is 0 Å². The summed E-state index contributed by atoms with van der Waals surface area (Å²) in [5, 5.41) is 3.47. The molecule has 1 heterocycles. The van der Waals surface area contributed by atoms with Gasteiger partial charge in [0.15, 0.2) is 0 Å². The average molecular weight is 685 g/mol. The Morgan fingerprint density at radius 2 is 0.868 bits per heavy atom. The van der Waals surface area contributed by atoms with Gasteiger partial charge in [-0.1, -0.05) is 164 Å². The third kappa shape index (κ3) is 5.32. The molecule has 0 N–H and O–H groups in total. The lowest BCUT2D eigenvalue weighted by atomic mass is 9.83. The fourth-order valence-electron chi connectivity index (χ4n) is 7.52. The highest BCUT2D eigenvalue weighted by molar-refractivity contribution is 6.22. The van der Waals surface area contributed by atoms with E-state index in [2.05, 4.69) is 47.0 Å². The third-order valence-electron chi connectivity index (χ3n) is 9.74. The molecule has 2 heteroatoms. The van der Waals surface area contributed by atoms with Crippen molar-refractivity contribution in [3.8, 4) is 61.6 Å². The van der Waals surface area contributed by atoms with E-state index < -0.39 is 60.4 Å². The molecule has 0 aliphatic carbocycles. The van der Waals surface area contributed by atoms with Crippen molar-refractivity contribution in [2.24, 2.45) is 0 Å². The number of nitrogens with zero attached hydrogens (tertiary/aromatic N) is 2. The molecule has 10 rings (SSSR count). The number of fused-ring (bicyclic) bond motifs is 3. The van der Waals surface area contributed by atoms with Crippen molar-refractivity contribution in [2.75, 3.05) is 0 Å². The van der Waals surface area contributed by atoms with E-state index in [0.717, 1.165) is 66.3 Å². The Hall–Kier alpha value is -7.03. The van der Waals surface area contributed by atoms with E-state index in [1.54, 1.807) is 18.2 Å². The maximum absolute atomic E-state index is 8.95. The van der Waals surface area contributed by atoms with Gasteiger partial charge in [0, 0.05) is 11.3 Å². The molecule has 0 fully saturated rings. The SMILES string of the molecule is [2H]c1c([2H])c([2H])c(-c2cc(-c3c([2H])c([2H])c([2H])c([2H])c3[2H])cc(-c3c4ccccc4c(-c4ccccc4-c4nc5ccccc5n4-c4ccccc4)c4ccccc34)c2)c([2H])c1[2H]. The van der Waals surface area contributed by atoms with Crippen molar-refractivity contribution in [3.05, 3.63) is 206 Å². The van der Waals surface area contributed by atoms with Crippen LogP contribution in [0.25, 0.3) is 94.2 Å². The molecule has 2 nitrogen and oxygen atoms in total. The minimum absolute atomic E-state index is 0.0723. The van der Waals surface area contributed by atoms with Gasteiger partial charge in [0.05, 0.1) is 24.7 Å². The van der Waals surface area contributed by atoms with Crippen molar-refractivity contribution in [1.82, 2.24) is 9.55 Å². The van der Waals surface area contributed by atoms with Crippen LogP contribution < -0.4 is 0 Å². The first-order chi connectivity index (χ1) is 30.5. The first-order valence-electron chi connectivity index (χ1n) is 22.3. The smallest absolute Gasteiger partial charge is 0.146 e. The molecule has 0 saturated carbocycles. The topological polar surface area (TPSA) is 17.8 Å². The van der Waals surface area contributed by atoms with Crippen LogP contribution in [0.2, 0.25) is 0 Å². The first kappa shape index (κ1) is 22.0. The minimum Gasteiger partial charge on any atom is -0.292 e. The first-order valence-corrected chi connectivity index (χ1v) is 17.3. The molecule has 0 atom stereocenters. The number of benzene rings is 9. The highest BCUT2D eigenvalue weighted by Crippen LogP contribution is 2.47. The fourth-order valence-corrected chi connectivity index (χ4v) is 7.52. The number of hydrogen-bond donors (Lipinski definition) is 0. The number of hydrogen-bond acceptors (Lipinski definition) is 1. The Kier molecular flexibility index (Phi) is 5.38. The maximum Gasteiger partial charge on any atom is 0.146 e. The van der Waals surface area contributed by atoms with Crippen LogP contribution in [0.15, 0.2) is 206 Å². The molecule has 53 heavy (non-hydrogen) atoms. The van der Waals surface area contributed by atoms with E-state index in [1.165, 1.54) is 0 Å². The maximum atomic E-state index is 8.95. The van der Waals surface area contributed by atoms with Crippen LogP contribution >= 0.6 is 0 Å². The summed E-state index contributed by atoms with van der Waals surface area (Å²) in [6, 6.07) is 42.7. The van der Waals surface area contributed by atoms with Gasteiger partial charge in [0.2, 0.25) is 0 Å². The van der Waals surface area contributed by atoms with Gasteiger partial charge in [-0.05, 0) is 109 Å². The quantitative estimate of drug-likeness (QED) is 0.159. The zero-order valence-electron chi connectivity index (χ0n) is 38.3. The molecular formula is C51H34N2. The van der Waals surface area contributed by atoms with Crippen molar-refractivity contribution in [3.63, 3.8) is 0 Å². The minimum atomic E-state index is -0.539. The monoisotopic (exact) mass is 684 g/mol. The molecule has 0 radical (unpaired) electrons. The second-order valence-corrected chi connectivity index (χ2v) is 12.8. The van der Waals surface area contributed by atoms with Crippen LogP contribution in [0, 0.1) is 0 Å². The van der Waals surface area contributed by atoms with E-state index in [1.807, 2.05) is 84.9 Å².